The van der Waals surface area contributed by atoms with Crippen LogP contribution in [0.5, 0.6) is 0 Å². The van der Waals surface area contributed by atoms with Crippen LogP contribution in [0, 0.1) is 5.41 Å². The van der Waals surface area contributed by atoms with Gasteiger partial charge in [0.15, 0.2) is 0 Å². The molecule has 1 aromatic heterocycles. The summed E-state index contributed by atoms with van der Waals surface area (Å²) in [5.41, 5.74) is 0.165. The van der Waals surface area contributed by atoms with E-state index in [1.165, 1.54) is 11.3 Å². The van der Waals surface area contributed by atoms with Gasteiger partial charge in [-0.05, 0) is 36.8 Å². The Hall–Kier alpha value is 0.0900. The van der Waals surface area contributed by atoms with Crippen molar-refractivity contribution in [2.75, 3.05) is 11.9 Å². The first-order valence-electron chi connectivity index (χ1n) is 5.66. The maximum atomic E-state index is 12.0. The molecule has 0 saturated heterocycles. The number of hydrogen-bond donors (Lipinski definition) is 1. The fraction of sp³-hybridized carbons (Fsp3) is 0.636. The molecule has 0 aromatic carbocycles. The van der Waals surface area contributed by atoms with Gasteiger partial charge in [-0.25, -0.2) is 13.1 Å². The standard InChI is InChI=1S/C11H16BrNO2S2/c1-2-9-3-4-10(16-9)17(14,15)13-8-11(7-12)5-6-11/h3-4,13H,2,5-8H2,1H3. The van der Waals surface area contributed by atoms with Gasteiger partial charge in [0, 0.05) is 16.8 Å². The Morgan fingerprint density at radius 1 is 1.47 bits per heavy atom. The molecule has 1 N–H and O–H groups in total. The van der Waals surface area contributed by atoms with E-state index < -0.39 is 10.0 Å². The Bertz CT molecular complexity index is 491. The molecule has 2 rings (SSSR count). The van der Waals surface area contributed by atoms with Crippen LogP contribution in [0.2, 0.25) is 0 Å². The van der Waals surface area contributed by atoms with Crippen LogP contribution in [0.3, 0.4) is 0 Å². The Morgan fingerprint density at radius 2 is 2.18 bits per heavy atom. The van der Waals surface area contributed by atoms with Crippen LogP contribution in [0.1, 0.15) is 24.6 Å². The topological polar surface area (TPSA) is 46.2 Å². The molecule has 0 atom stereocenters. The number of sulfonamides is 1. The van der Waals surface area contributed by atoms with E-state index in [4.69, 9.17) is 0 Å². The zero-order valence-electron chi connectivity index (χ0n) is 9.70. The molecule has 0 aliphatic heterocycles. The lowest BCUT2D eigenvalue weighted by atomic mass is 10.1. The van der Waals surface area contributed by atoms with E-state index >= 15 is 0 Å². The summed E-state index contributed by atoms with van der Waals surface area (Å²) in [5, 5.41) is 0.868. The van der Waals surface area contributed by atoms with Gasteiger partial charge in [-0.1, -0.05) is 22.9 Å². The van der Waals surface area contributed by atoms with Gasteiger partial charge in [0.2, 0.25) is 10.0 Å². The lowest BCUT2D eigenvalue weighted by Gasteiger charge is -2.11. The summed E-state index contributed by atoms with van der Waals surface area (Å²) < 4.78 is 27.2. The van der Waals surface area contributed by atoms with Crippen LogP contribution in [0.4, 0.5) is 0 Å². The molecule has 1 aliphatic rings. The molecule has 1 saturated carbocycles. The molecule has 3 nitrogen and oxygen atoms in total. The summed E-state index contributed by atoms with van der Waals surface area (Å²) in [6, 6.07) is 3.58. The molecule has 1 fully saturated rings. The molecular formula is C11H16BrNO2S2. The van der Waals surface area contributed by atoms with E-state index in [9.17, 15) is 8.42 Å². The highest BCUT2D eigenvalue weighted by Crippen LogP contribution is 2.46. The van der Waals surface area contributed by atoms with Crippen molar-refractivity contribution in [3.05, 3.63) is 17.0 Å². The maximum absolute atomic E-state index is 12.0. The molecule has 0 amide bonds. The number of alkyl halides is 1. The molecule has 96 valence electrons. The Morgan fingerprint density at radius 3 is 2.65 bits per heavy atom. The van der Waals surface area contributed by atoms with Crippen molar-refractivity contribution in [1.29, 1.82) is 0 Å². The highest BCUT2D eigenvalue weighted by molar-refractivity contribution is 9.09. The Labute approximate surface area is 115 Å². The summed E-state index contributed by atoms with van der Waals surface area (Å²) in [4.78, 5) is 1.10. The third-order valence-electron chi connectivity index (χ3n) is 3.13. The molecule has 0 radical (unpaired) electrons. The van der Waals surface area contributed by atoms with Crippen molar-refractivity contribution in [3.8, 4) is 0 Å². The monoisotopic (exact) mass is 337 g/mol. The predicted octanol–water partition coefficient (Wildman–Crippen LogP) is 2.76. The summed E-state index contributed by atoms with van der Waals surface area (Å²) >= 11 is 4.80. The number of hydrogen-bond acceptors (Lipinski definition) is 3. The molecule has 1 heterocycles. The predicted molar refractivity (Wildman–Crippen MR) is 74.3 cm³/mol. The normalized spacial score (nSPS) is 18.2. The molecule has 0 spiro atoms. The van der Waals surface area contributed by atoms with E-state index in [0.29, 0.717) is 10.8 Å². The fourth-order valence-electron chi connectivity index (χ4n) is 1.55. The van der Waals surface area contributed by atoms with E-state index in [1.54, 1.807) is 6.07 Å². The molecule has 0 bridgehead atoms. The molecule has 6 heteroatoms. The minimum absolute atomic E-state index is 0.165. The van der Waals surface area contributed by atoms with Crippen molar-refractivity contribution in [2.24, 2.45) is 5.41 Å². The van der Waals surface area contributed by atoms with Gasteiger partial charge in [-0.2, -0.15) is 0 Å². The molecule has 17 heavy (non-hydrogen) atoms. The number of thiophene rings is 1. The van der Waals surface area contributed by atoms with Crippen LogP contribution >= 0.6 is 27.3 Å². The third-order valence-corrected chi connectivity index (χ3v) is 7.44. The Balaban J connectivity index is 2.03. The van der Waals surface area contributed by atoms with Crippen LogP contribution in [0.25, 0.3) is 0 Å². The third kappa shape index (κ3) is 3.10. The number of halogens is 1. The minimum atomic E-state index is -3.31. The number of nitrogens with one attached hydrogen (secondary N) is 1. The van der Waals surface area contributed by atoms with E-state index in [-0.39, 0.29) is 5.41 Å². The number of rotatable bonds is 6. The minimum Gasteiger partial charge on any atom is -0.210 e. The van der Waals surface area contributed by atoms with Gasteiger partial charge < -0.3 is 0 Å². The summed E-state index contributed by atoms with van der Waals surface area (Å²) in [6.07, 6.45) is 3.09. The molecule has 1 aliphatic carbocycles. The second-order valence-corrected chi connectivity index (χ2v) is 8.26. The first-order valence-corrected chi connectivity index (χ1v) is 9.08. The van der Waals surface area contributed by atoms with Crippen LogP contribution in [-0.4, -0.2) is 20.3 Å². The number of aryl methyl sites for hydroxylation is 1. The Kier molecular flexibility index (Phi) is 3.97. The van der Waals surface area contributed by atoms with E-state index in [1.807, 2.05) is 13.0 Å². The fourth-order valence-corrected chi connectivity index (χ4v) is 4.80. The summed E-state index contributed by atoms with van der Waals surface area (Å²) in [7, 11) is -3.31. The molecule has 0 unspecified atom stereocenters. The molecule has 1 aromatic rings. The first-order chi connectivity index (χ1) is 8.01. The lowest BCUT2D eigenvalue weighted by Crippen LogP contribution is -2.30. The lowest BCUT2D eigenvalue weighted by molar-refractivity contribution is 0.539. The van der Waals surface area contributed by atoms with Crippen molar-refractivity contribution in [2.45, 2.75) is 30.4 Å². The van der Waals surface area contributed by atoms with Gasteiger partial charge in [-0.15, -0.1) is 11.3 Å². The molecular weight excluding hydrogens is 322 g/mol. The SMILES string of the molecule is CCc1ccc(S(=O)(=O)NCC2(CBr)CC2)s1. The second kappa shape index (κ2) is 4.99. The largest absolute Gasteiger partial charge is 0.250 e. The van der Waals surface area contributed by atoms with Gasteiger partial charge in [0.1, 0.15) is 4.21 Å². The maximum Gasteiger partial charge on any atom is 0.250 e. The van der Waals surface area contributed by atoms with Gasteiger partial charge >= 0.3 is 0 Å². The summed E-state index contributed by atoms with van der Waals surface area (Å²) in [6.45, 7) is 2.57. The van der Waals surface area contributed by atoms with Crippen molar-refractivity contribution >= 4 is 37.3 Å². The van der Waals surface area contributed by atoms with Crippen molar-refractivity contribution in [3.63, 3.8) is 0 Å². The second-order valence-electron chi connectivity index (χ2n) is 4.53. The average Bonchev–Trinajstić information content (AvgIpc) is 2.94. The van der Waals surface area contributed by atoms with Gasteiger partial charge in [0.05, 0.1) is 0 Å². The highest BCUT2D eigenvalue weighted by atomic mass is 79.9. The smallest absolute Gasteiger partial charge is 0.210 e. The zero-order chi connectivity index (χ0) is 12.5. The van der Waals surface area contributed by atoms with Crippen LogP contribution in [0.15, 0.2) is 16.3 Å². The van der Waals surface area contributed by atoms with Crippen LogP contribution < -0.4 is 4.72 Å². The van der Waals surface area contributed by atoms with E-state index in [2.05, 4.69) is 20.7 Å². The highest BCUT2D eigenvalue weighted by Gasteiger charge is 2.42. The quantitative estimate of drug-likeness (QED) is 0.811. The first kappa shape index (κ1) is 13.5. The zero-order valence-corrected chi connectivity index (χ0v) is 12.9. The van der Waals surface area contributed by atoms with Crippen LogP contribution in [-0.2, 0) is 16.4 Å². The van der Waals surface area contributed by atoms with E-state index in [0.717, 1.165) is 29.5 Å². The average molecular weight is 338 g/mol. The van der Waals surface area contributed by atoms with Crippen molar-refractivity contribution < 1.29 is 8.42 Å². The van der Waals surface area contributed by atoms with Gasteiger partial charge in [0.25, 0.3) is 0 Å². The summed E-state index contributed by atoms with van der Waals surface area (Å²) in [5.74, 6) is 0. The van der Waals surface area contributed by atoms with Gasteiger partial charge in [-0.3, -0.25) is 0 Å². The van der Waals surface area contributed by atoms with Crippen molar-refractivity contribution in [1.82, 2.24) is 4.72 Å².